The molecule has 0 N–H and O–H groups in total. The number of rotatable bonds is 12. The van der Waals surface area contributed by atoms with Crippen molar-refractivity contribution >= 4 is 5.97 Å². The number of nitrogens with zero attached hydrogens (tertiary/aromatic N) is 2. The van der Waals surface area contributed by atoms with Gasteiger partial charge in [0.2, 0.25) is 0 Å². The molecule has 0 bridgehead atoms. The number of unbranched alkanes of at least 4 members (excludes halogenated alkanes) is 1. The average molecular weight is 461 g/mol. The summed E-state index contributed by atoms with van der Waals surface area (Å²) in [6.45, 7) is 8.50. The van der Waals surface area contributed by atoms with Crippen LogP contribution in [-0.4, -0.2) is 28.6 Å². The van der Waals surface area contributed by atoms with Gasteiger partial charge in [0.25, 0.3) is 0 Å². The Hall–Kier alpha value is -3.21. The summed E-state index contributed by atoms with van der Waals surface area (Å²) >= 11 is 0. The first kappa shape index (κ1) is 25.4. The molecule has 1 heterocycles. The van der Waals surface area contributed by atoms with E-state index < -0.39 is 0 Å². The first-order valence-corrected chi connectivity index (χ1v) is 12.3. The van der Waals surface area contributed by atoms with E-state index in [0.717, 1.165) is 47.5 Å². The van der Waals surface area contributed by atoms with Crippen molar-refractivity contribution in [1.29, 1.82) is 0 Å². The number of hydrogen-bond donors (Lipinski definition) is 0. The van der Waals surface area contributed by atoms with Gasteiger partial charge in [-0.3, -0.25) is 4.79 Å². The minimum atomic E-state index is -0.285. The average Bonchev–Trinajstić information content (AvgIpc) is 2.87. The second-order valence-electron chi connectivity index (χ2n) is 8.95. The van der Waals surface area contributed by atoms with E-state index in [-0.39, 0.29) is 12.1 Å². The van der Waals surface area contributed by atoms with Crippen molar-refractivity contribution in [3.63, 3.8) is 0 Å². The third-order valence-electron chi connectivity index (χ3n) is 5.88. The monoisotopic (exact) mass is 460 g/mol. The number of ether oxygens (including phenoxy) is 2. The molecule has 0 aliphatic carbocycles. The predicted molar refractivity (Wildman–Crippen MR) is 137 cm³/mol. The molecule has 2 unspecified atom stereocenters. The number of aromatic nitrogens is 2. The molecular formula is C29H36N2O3. The summed E-state index contributed by atoms with van der Waals surface area (Å²) in [6.07, 6.45) is 8.34. The quantitative estimate of drug-likeness (QED) is 0.275. The standard InChI is InChI=1S/C29H36N2O3/c1-5-7-8-23-18-30-29(31-19-23)26-11-9-24(10-12-26)25-13-15-27(16-14-25)33-20-22(4)34-28(32)17-21(3)6-2/h9-16,18-19,21-22H,5-8,17,20H2,1-4H3. The third kappa shape index (κ3) is 7.68. The highest BCUT2D eigenvalue weighted by molar-refractivity contribution is 5.70. The van der Waals surface area contributed by atoms with Crippen LogP contribution in [0.25, 0.3) is 22.5 Å². The van der Waals surface area contributed by atoms with Crippen LogP contribution in [-0.2, 0) is 16.0 Å². The van der Waals surface area contributed by atoms with Gasteiger partial charge in [-0.25, -0.2) is 9.97 Å². The second kappa shape index (κ2) is 12.9. The lowest BCUT2D eigenvalue weighted by Crippen LogP contribution is -2.22. The number of carbonyl (C=O) groups is 1. The lowest BCUT2D eigenvalue weighted by Gasteiger charge is -2.16. The van der Waals surface area contributed by atoms with Gasteiger partial charge < -0.3 is 9.47 Å². The van der Waals surface area contributed by atoms with Crippen molar-refractivity contribution in [2.45, 2.75) is 65.9 Å². The normalized spacial score (nSPS) is 12.7. The van der Waals surface area contributed by atoms with Crippen LogP contribution in [0.5, 0.6) is 5.75 Å². The second-order valence-corrected chi connectivity index (χ2v) is 8.95. The molecule has 0 saturated carbocycles. The summed E-state index contributed by atoms with van der Waals surface area (Å²) in [5.74, 6) is 1.67. The molecule has 3 rings (SSSR count). The highest BCUT2D eigenvalue weighted by atomic mass is 16.6. The molecule has 180 valence electrons. The van der Waals surface area contributed by atoms with Crippen molar-refractivity contribution in [1.82, 2.24) is 9.97 Å². The molecule has 0 aliphatic rings. The van der Waals surface area contributed by atoms with Crippen molar-refractivity contribution in [3.05, 3.63) is 66.5 Å². The number of aryl methyl sites for hydroxylation is 1. The Morgan fingerprint density at radius 3 is 2.06 bits per heavy atom. The van der Waals surface area contributed by atoms with Gasteiger partial charge in [-0.2, -0.15) is 0 Å². The van der Waals surface area contributed by atoms with Crippen LogP contribution < -0.4 is 4.74 Å². The van der Waals surface area contributed by atoms with Crippen LogP contribution in [0.15, 0.2) is 60.9 Å². The van der Waals surface area contributed by atoms with E-state index in [2.05, 4.69) is 55.0 Å². The van der Waals surface area contributed by atoms with E-state index in [9.17, 15) is 4.79 Å². The Morgan fingerprint density at radius 2 is 1.47 bits per heavy atom. The molecule has 2 aromatic carbocycles. The largest absolute Gasteiger partial charge is 0.490 e. The Morgan fingerprint density at radius 1 is 0.882 bits per heavy atom. The summed E-state index contributed by atoms with van der Waals surface area (Å²) in [6, 6.07) is 16.2. The van der Waals surface area contributed by atoms with Crippen LogP contribution >= 0.6 is 0 Å². The number of benzene rings is 2. The topological polar surface area (TPSA) is 61.3 Å². The minimum absolute atomic E-state index is 0.165. The molecule has 5 nitrogen and oxygen atoms in total. The summed E-state index contributed by atoms with van der Waals surface area (Å²) in [5, 5.41) is 0. The summed E-state index contributed by atoms with van der Waals surface area (Å²) < 4.78 is 11.2. The predicted octanol–water partition coefficient (Wildman–Crippen LogP) is 6.90. The number of hydrogen-bond acceptors (Lipinski definition) is 5. The van der Waals surface area contributed by atoms with Crippen LogP contribution in [0.4, 0.5) is 0 Å². The Labute approximate surface area is 203 Å². The Bertz CT molecular complexity index is 1010. The minimum Gasteiger partial charge on any atom is -0.490 e. The molecule has 0 fully saturated rings. The first-order valence-electron chi connectivity index (χ1n) is 12.3. The van der Waals surface area contributed by atoms with Crippen molar-refractivity contribution in [3.8, 4) is 28.3 Å². The zero-order valence-corrected chi connectivity index (χ0v) is 20.8. The van der Waals surface area contributed by atoms with Gasteiger partial charge in [0, 0.05) is 24.4 Å². The zero-order valence-electron chi connectivity index (χ0n) is 20.8. The number of esters is 1. The molecule has 5 heteroatoms. The Balaban J connectivity index is 1.53. The summed E-state index contributed by atoms with van der Waals surface area (Å²) in [4.78, 5) is 21.0. The number of carbonyl (C=O) groups excluding carboxylic acids is 1. The highest BCUT2D eigenvalue weighted by Crippen LogP contribution is 2.25. The molecule has 0 amide bonds. The Kier molecular flexibility index (Phi) is 9.62. The van der Waals surface area contributed by atoms with Crippen LogP contribution in [0.1, 0.15) is 58.9 Å². The lowest BCUT2D eigenvalue weighted by atomic mass is 10.0. The first-order chi connectivity index (χ1) is 16.5. The third-order valence-corrected chi connectivity index (χ3v) is 5.88. The molecule has 3 aromatic rings. The van der Waals surface area contributed by atoms with Gasteiger partial charge >= 0.3 is 5.97 Å². The van der Waals surface area contributed by atoms with Crippen molar-refractivity contribution in [2.24, 2.45) is 5.92 Å². The molecule has 1 aromatic heterocycles. The van der Waals surface area contributed by atoms with Gasteiger partial charge in [0.05, 0.1) is 0 Å². The summed E-state index contributed by atoms with van der Waals surface area (Å²) in [5.41, 5.74) is 4.40. The summed E-state index contributed by atoms with van der Waals surface area (Å²) in [7, 11) is 0. The van der Waals surface area contributed by atoms with Crippen LogP contribution in [0.2, 0.25) is 0 Å². The maximum atomic E-state index is 11.9. The molecule has 2 atom stereocenters. The van der Waals surface area contributed by atoms with Gasteiger partial charge in [-0.05, 0) is 54.5 Å². The van der Waals surface area contributed by atoms with E-state index in [1.807, 2.05) is 43.6 Å². The van der Waals surface area contributed by atoms with Gasteiger partial charge in [-0.15, -0.1) is 0 Å². The molecular weight excluding hydrogens is 424 g/mol. The molecule has 0 radical (unpaired) electrons. The van der Waals surface area contributed by atoms with Crippen LogP contribution in [0.3, 0.4) is 0 Å². The van der Waals surface area contributed by atoms with Crippen molar-refractivity contribution in [2.75, 3.05) is 6.61 Å². The van der Waals surface area contributed by atoms with E-state index in [0.29, 0.717) is 18.9 Å². The van der Waals surface area contributed by atoms with E-state index in [1.165, 1.54) is 12.0 Å². The lowest BCUT2D eigenvalue weighted by molar-refractivity contribution is -0.150. The SMILES string of the molecule is CCCCc1cnc(-c2ccc(-c3ccc(OCC(C)OC(=O)CC(C)CC)cc3)cc2)nc1. The van der Waals surface area contributed by atoms with Gasteiger partial charge in [-0.1, -0.05) is 70.0 Å². The van der Waals surface area contributed by atoms with Gasteiger partial charge in [0.1, 0.15) is 18.5 Å². The van der Waals surface area contributed by atoms with Gasteiger partial charge in [0.15, 0.2) is 5.82 Å². The smallest absolute Gasteiger partial charge is 0.306 e. The van der Waals surface area contributed by atoms with Crippen LogP contribution in [0, 0.1) is 5.92 Å². The zero-order chi connectivity index (χ0) is 24.3. The fraction of sp³-hybridized carbons (Fsp3) is 0.414. The van der Waals surface area contributed by atoms with E-state index in [1.54, 1.807) is 0 Å². The maximum Gasteiger partial charge on any atom is 0.306 e. The highest BCUT2D eigenvalue weighted by Gasteiger charge is 2.13. The fourth-order valence-electron chi connectivity index (χ4n) is 3.52. The molecule has 34 heavy (non-hydrogen) atoms. The van der Waals surface area contributed by atoms with Crippen molar-refractivity contribution < 1.29 is 14.3 Å². The molecule has 0 saturated heterocycles. The maximum absolute atomic E-state index is 11.9. The fourth-order valence-corrected chi connectivity index (χ4v) is 3.52. The molecule has 0 aliphatic heterocycles. The molecule has 0 spiro atoms. The van der Waals surface area contributed by atoms with E-state index in [4.69, 9.17) is 9.47 Å². The van der Waals surface area contributed by atoms with E-state index >= 15 is 0 Å².